The highest BCUT2D eigenvalue weighted by Crippen LogP contribution is 2.37. The Hall–Kier alpha value is -3.51. The molecule has 0 spiro atoms. The Morgan fingerprint density at radius 2 is 1.59 bits per heavy atom. The van der Waals surface area contributed by atoms with E-state index in [-0.39, 0.29) is 32.9 Å². The van der Waals surface area contributed by atoms with Gasteiger partial charge in [-0.15, -0.1) is 0 Å². The van der Waals surface area contributed by atoms with Crippen LogP contribution in [0.3, 0.4) is 0 Å². The molecule has 0 N–H and O–H groups in total. The first-order chi connectivity index (χ1) is 18.4. The molecule has 4 nitrogen and oxygen atoms in total. The van der Waals surface area contributed by atoms with E-state index in [0.717, 1.165) is 24.3 Å². The summed E-state index contributed by atoms with van der Waals surface area (Å²) in [4.78, 5) is 13.0. The molecule has 0 saturated carbocycles. The third kappa shape index (κ3) is 6.39. The molecule has 4 rings (SSSR count). The highest BCUT2D eigenvalue weighted by Gasteiger charge is 2.31. The van der Waals surface area contributed by atoms with Crippen molar-refractivity contribution in [2.24, 2.45) is 0 Å². The zero-order valence-corrected chi connectivity index (χ0v) is 22.1. The Bertz CT molecular complexity index is 1620. The van der Waals surface area contributed by atoms with Gasteiger partial charge < -0.3 is 9.47 Å². The third-order valence-corrected chi connectivity index (χ3v) is 6.60. The van der Waals surface area contributed by atoms with E-state index < -0.39 is 35.4 Å². The molecule has 0 heterocycles. The summed E-state index contributed by atoms with van der Waals surface area (Å²) in [5.74, 6) is -3.00. The number of rotatable bonds is 7. The number of alkyl halides is 3. The lowest BCUT2D eigenvalue weighted by Gasteiger charge is -2.19. The van der Waals surface area contributed by atoms with Crippen LogP contribution in [0.25, 0.3) is 10.8 Å². The van der Waals surface area contributed by atoms with Crippen LogP contribution < -0.4 is 9.47 Å². The summed E-state index contributed by atoms with van der Waals surface area (Å²) in [6.07, 6.45) is -5.68. The minimum absolute atomic E-state index is 0.0941. The zero-order valence-electron chi connectivity index (χ0n) is 19.8. The largest absolute Gasteiger partial charge is 0.481 e. The van der Waals surface area contributed by atoms with Crippen molar-refractivity contribution in [1.29, 1.82) is 5.26 Å². The molecule has 4 aromatic carbocycles. The van der Waals surface area contributed by atoms with Crippen molar-refractivity contribution in [3.05, 3.63) is 98.7 Å². The molecule has 0 aromatic heterocycles. The molecule has 11 heteroatoms. The number of nitriles is 1. The summed E-state index contributed by atoms with van der Waals surface area (Å²) in [5.41, 5.74) is -0.549. The number of carbonyl (C=O) groups excluding carboxylic acids is 1. The van der Waals surface area contributed by atoms with E-state index in [4.69, 9.17) is 44.3 Å². The van der Waals surface area contributed by atoms with Crippen molar-refractivity contribution in [2.75, 3.05) is 0 Å². The minimum atomic E-state index is -4.49. The Morgan fingerprint density at radius 3 is 2.26 bits per heavy atom. The van der Waals surface area contributed by atoms with Gasteiger partial charge in [0.05, 0.1) is 16.7 Å². The van der Waals surface area contributed by atoms with E-state index in [1.54, 1.807) is 0 Å². The summed E-state index contributed by atoms with van der Waals surface area (Å²) >= 11 is 18.2. The summed E-state index contributed by atoms with van der Waals surface area (Å²) < 4.78 is 64.9. The molecule has 0 bridgehead atoms. The van der Waals surface area contributed by atoms with Gasteiger partial charge in [0.25, 0.3) is 0 Å². The van der Waals surface area contributed by atoms with Crippen molar-refractivity contribution in [3.8, 4) is 23.3 Å². The highest BCUT2D eigenvalue weighted by molar-refractivity contribution is 6.35. The third-order valence-electron chi connectivity index (χ3n) is 5.74. The molecular weight excluding hydrogens is 581 g/mol. The molecule has 39 heavy (non-hydrogen) atoms. The Labute approximate surface area is 235 Å². The quantitative estimate of drug-likeness (QED) is 0.199. The van der Waals surface area contributed by atoms with Crippen LogP contribution in [0.4, 0.5) is 17.6 Å². The second kappa shape index (κ2) is 11.3. The fourth-order valence-corrected chi connectivity index (χ4v) is 4.49. The molecule has 0 aliphatic heterocycles. The number of ketones is 1. The average molecular weight is 597 g/mol. The zero-order chi connectivity index (χ0) is 28.5. The normalized spacial score (nSPS) is 13.0. The molecule has 0 fully saturated rings. The van der Waals surface area contributed by atoms with Crippen molar-refractivity contribution in [1.82, 2.24) is 0 Å². The van der Waals surface area contributed by atoms with Gasteiger partial charge in [0.15, 0.2) is 23.5 Å². The standard InChI is InChI=1S/C28H16Cl3F4NO3/c1-14(27(37)21(13-36)20-7-5-18(29)10-22(20)30)38-25-12-26(24(32)11-23(25)31)39-19-6-3-15-8-17(28(33,34)35)4-2-16(15)9-19/h2-12,14,21H,1H3. The number of Topliss-reactive ketones (excluding diaryl/α,β-unsaturated/α-hetero) is 1. The number of fused-ring (bicyclic) bond motifs is 1. The number of ether oxygens (including phenoxy) is 2. The van der Waals surface area contributed by atoms with Crippen LogP contribution in [0.15, 0.2) is 66.7 Å². The van der Waals surface area contributed by atoms with Crippen molar-refractivity contribution in [3.63, 3.8) is 0 Å². The Balaban J connectivity index is 1.56. The number of halogens is 7. The Kier molecular flexibility index (Phi) is 8.26. The topological polar surface area (TPSA) is 59.3 Å². The fourth-order valence-electron chi connectivity index (χ4n) is 3.77. The van der Waals surface area contributed by atoms with Crippen LogP contribution in [0.1, 0.15) is 24.0 Å². The van der Waals surface area contributed by atoms with Gasteiger partial charge in [-0.25, -0.2) is 4.39 Å². The van der Waals surface area contributed by atoms with Gasteiger partial charge in [0, 0.05) is 22.2 Å². The lowest BCUT2D eigenvalue weighted by atomic mass is 9.93. The van der Waals surface area contributed by atoms with E-state index >= 15 is 0 Å². The van der Waals surface area contributed by atoms with Crippen LogP contribution in [-0.4, -0.2) is 11.9 Å². The molecule has 4 aromatic rings. The van der Waals surface area contributed by atoms with Crippen molar-refractivity contribution in [2.45, 2.75) is 25.1 Å². The summed E-state index contributed by atoms with van der Waals surface area (Å²) in [5, 5.41) is 10.7. The van der Waals surface area contributed by atoms with Crippen LogP contribution in [0.5, 0.6) is 17.2 Å². The predicted molar refractivity (Wildman–Crippen MR) is 140 cm³/mol. The minimum Gasteiger partial charge on any atom is -0.481 e. The smallest absolute Gasteiger partial charge is 0.416 e. The number of nitrogens with zero attached hydrogens (tertiary/aromatic N) is 1. The summed E-state index contributed by atoms with van der Waals surface area (Å²) in [6, 6.07) is 15.8. The fraction of sp³-hybridized carbons (Fsp3) is 0.143. The second-order valence-electron chi connectivity index (χ2n) is 8.43. The van der Waals surface area contributed by atoms with Gasteiger partial charge in [-0.1, -0.05) is 53.0 Å². The van der Waals surface area contributed by atoms with Gasteiger partial charge >= 0.3 is 6.18 Å². The summed E-state index contributed by atoms with van der Waals surface area (Å²) in [6.45, 7) is 1.40. The number of hydrogen-bond donors (Lipinski definition) is 0. The average Bonchev–Trinajstić information content (AvgIpc) is 2.87. The maximum Gasteiger partial charge on any atom is 0.416 e. The van der Waals surface area contributed by atoms with E-state index in [1.165, 1.54) is 49.4 Å². The maximum absolute atomic E-state index is 14.7. The van der Waals surface area contributed by atoms with Crippen LogP contribution in [0, 0.1) is 17.1 Å². The van der Waals surface area contributed by atoms with Crippen molar-refractivity contribution >= 4 is 51.4 Å². The van der Waals surface area contributed by atoms with Gasteiger partial charge in [-0.3, -0.25) is 4.79 Å². The van der Waals surface area contributed by atoms with E-state index in [0.29, 0.717) is 15.8 Å². The summed E-state index contributed by atoms with van der Waals surface area (Å²) in [7, 11) is 0. The first-order valence-electron chi connectivity index (χ1n) is 11.2. The first-order valence-corrected chi connectivity index (χ1v) is 12.3. The van der Waals surface area contributed by atoms with Gasteiger partial charge in [0.2, 0.25) is 0 Å². The lowest BCUT2D eigenvalue weighted by Crippen LogP contribution is -2.29. The molecule has 0 radical (unpaired) electrons. The molecule has 0 amide bonds. The molecule has 200 valence electrons. The van der Waals surface area contributed by atoms with E-state index in [1.807, 2.05) is 6.07 Å². The number of benzene rings is 4. The van der Waals surface area contributed by atoms with Gasteiger partial charge in [-0.2, -0.15) is 18.4 Å². The number of hydrogen-bond acceptors (Lipinski definition) is 4. The van der Waals surface area contributed by atoms with Gasteiger partial charge in [-0.05, 0) is 59.7 Å². The molecule has 0 saturated heterocycles. The van der Waals surface area contributed by atoms with Crippen LogP contribution >= 0.6 is 34.8 Å². The molecule has 0 aliphatic rings. The van der Waals surface area contributed by atoms with Crippen LogP contribution in [-0.2, 0) is 11.0 Å². The van der Waals surface area contributed by atoms with E-state index in [2.05, 4.69) is 0 Å². The Morgan fingerprint density at radius 1 is 0.897 bits per heavy atom. The monoisotopic (exact) mass is 595 g/mol. The van der Waals surface area contributed by atoms with Gasteiger partial charge in [0.1, 0.15) is 17.4 Å². The number of carbonyl (C=O) groups is 1. The highest BCUT2D eigenvalue weighted by atomic mass is 35.5. The van der Waals surface area contributed by atoms with Crippen LogP contribution in [0.2, 0.25) is 15.1 Å². The first kappa shape index (κ1) is 28.5. The lowest BCUT2D eigenvalue weighted by molar-refractivity contribution is -0.137. The SMILES string of the molecule is CC(Oc1cc(Oc2ccc3cc(C(F)(F)F)ccc3c2)c(F)cc1Cl)C(=O)C(C#N)c1ccc(Cl)cc1Cl. The van der Waals surface area contributed by atoms with E-state index in [9.17, 15) is 27.6 Å². The second-order valence-corrected chi connectivity index (χ2v) is 9.68. The predicted octanol–water partition coefficient (Wildman–Crippen LogP) is 9.39. The molecule has 2 unspecified atom stereocenters. The molecular formula is C28H16Cl3F4NO3. The maximum atomic E-state index is 14.7. The molecule has 0 aliphatic carbocycles. The molecule has 2 atom stereocenters. The van der Waals surface area contributed by atoms with Crippen molar-refractivity contribution < 1.29 is 31.8 Å².